The first kappa shape index (κ1) is 15.2. The van der Waals surface area contributed by atoms with Crippen molar-refractivity contribution in [1.29, 1.82) is 0 Å². The number of likely N-dealkylation sites (N-methyl/N-ethyl adjacent to an activating group) is 1. The quantitative estimate of drug-likeness (QED) is 0.616. The summed E-state index contributed by atoms with van der Waals surface area (Å²) >= 11 is 0. The third kappa shape index (κ3) is 2.82. The van der Waals surface area contributed by atoms with Gasteiger partial charge in [0.05, 0.1) is 4.92 Å². The van der Waals surface area contributed by atoms with E-state index in [1.165, 1.54) is 12.1 Å². The summed E-state index contributed by atoms with van der Waals surface area (Å²) in [6, 6.07) is 4.31. The van der Waals surface area contributed by atoms with Crippen LogP contribution in [0.15, 0.2) is 18.2 Å². The van der Waals surface area contributed by atoms with E-state index in [9.17, 15) is 14.9 Å². The van der Waals surface area contributed by atoms with Gasteiger partial charge in [0.1, 0.15) is 11.3 Å². The predicted molar refractivity (Wildman–Crippen MR) is 78.8 cm³/mol. The zero-order chi connectivity index (χ0) is 15.6. The van der Waals surface area contributed by atoms with E-state index < -0.39 is 10.9 Å². The lowest BCUT2D eigenvalue weighted by Gasteiger charge is -2.47. The zero-order valence-electron chi connectivity index (χ0n) is 12.1. The van der Waals surface area contributed by atoms with Crippen molar-refractivity contribution in [3.63, 3.8) is 0 Å². The molecule has 0 aliphatic heterocycles. The number of hydrogen-bond donors (Lipinski definition) is 2. The molecule has 7 heteroatoms. The number of nitro benzene ring substituents is 1. The molecule has 0 spiro atoms. The van der Waals surface area contributed by atoms with Gasteiger partial charge in [-0.25, -0.2) is 4.79 Å². The fourth-order valence-corrected chi connectivity index (χ4v) is 2.68. The van der Waals surface area contributed by atoms with Gasteiger partial charge in [0.25, 0.3) is 0 Å². The van der Waals surface area contributed by atoms with Gasteiger partial charge in [0.15, 0.2) is 0 Å². The van der Waals surface area contributed by atoms with Gasteiger partial charge in [-0.3, -0.25) is 10.1 Å². The molecule has 0 aromatic heterocycles. The van der Waals surface area contributed by atoms with Crippen LogP contribution in [0.5, 0.6) is 0 Å². The number of carboxylic acid groups (broad SMARTS) is 1. The Balaban J connectivity index is 2.26. The number of nitro groups is 1. The van der Waals surface area contributed by atoms with Gasteiger partial charge in [-0.2, -0.15) is 0 Å². The van der Waals surface area contributed by atoms with E-state index >= 15 is 0 Å². The number of hydrogen-bond acceptors (Lipinski definition) is 5. The Hall–Kier alpha value is -2.15. The minimum atomic E-state index is -1.30. The minimum Gasteiger partial charge on any atom is -0.477 e. The standard InChI is InChI=1S/C14H19N3O4/c1-16(2)14(7-4-8-14)9-15-11-6-3-5-10(13(18)19)12(11)17(20)21/h3,5-6,15H,4,7-9H2,1-2H3,(H,18,19). The SMILES string of the molecule is CN(C)C1(CNc2cccc(C(=O)O)c2[N+](=O)[O-])CCC1. The molecule has 2 N–H and O–H groups in total. The van der Waals surface area contributed by atoms with Gasteiger partial charge in [-0.05, 0) is 45.5 Å². The average molecular weight is 293 g/mol. The summed E-state index contributed by atoms with van der Waals surface area (Å²) in [6.07, 6.45) is 3.19. The van der Waals surface area contributed by atoms with E-state index in [0.29, 0.717) is 6.54 Å². The van der Waals surface area contributed by atoms with Crippen molar-refractivity contribution in [2.24, 2.45) is 0 Å². The molecule has 0 bridgehead atoms. The summed E-state index contributed by atoms with van der Waals surface area (Å²) in [7, 11) is 3.98. The van der Waals surface area contributed by atoms with Crippen molar-refractivity contribution in [2.75, 3.05) is 26.0 Å². The average Bonchev–Trinajstić information content (AvgIpc) is 2.36. The van der Waals surface area contributed by atoms with Crippen molar-refractivity contribution in [3.05, 3.63) is 33.9 Å². The lowest BCUT2D eigenvalue weighted by molar-refractivity contribution is -0.384. The molecule has 1 saturated carbocycles. The molecule has 0 heterocycles. The van der Waals surface area contributed by atoms with Crippen LogP contribution in [0, 0.1) is 10.1 Å². The zero-order valence-corrected chi connectivity index (χ0v) is 12.1. The number of benzene rings is 1. The van der Waals surface area contributed by atoms with Crippen LogP contribution in [0.25, 0.3) is 0 Å². The van der Waals surface area contributed by atoms with Gasteiger partial charge in [-0.1, -0.05) is 6.07 Å². The summed E-state index contributed by atoms with van der Waals surface area (Å²) < 4.78 is 0. The Morgan fingerprint density at radius 1 is 1.48 bits per heavy atom. The number of rotatable bonds is 6. The molecule has 21 heavy (non-hydrogen) atoms. The second-order valence-corrected chi connectivity index (χ2v) is 5.59. The van der Waals surface area contributed by atoms with Crippen molar-refractivity contribution < 1.29 is 14.8 Å². The summed E-state index contributed by atoms with van der Waals surface area (Å²) in [6.45, 7) is 0.559. The van der Waals surface area contributed by atoms with Crippen molar-refractivity contribution in [3.8, 4) is 0 Å². The number of nitrogens with one attached hydrogen (secondary N) is 1. The Morgan fingerprint density at radius 3 is 2.57 bits per heavy atom. The monoisotopic (exact) mass is 293 g/mol. The van der Waals surface area contributed by atoms with E-state index in [4.69, 9.17) is 5.11 Å². The van der Waals surface area contributed by atoms with E-state index in [1.807, 2.05) is 14.1 Å². The van der Waals surface area contributed by atoms with E-state index in [1.54, 1.807) is 6.07 Å². The third-order valence-electron chi connectivity index (χ3n) is 4.29. The van der Waals surface area contributed by atoms with Gasteiger partial charge >= 0.3 is 11.7 Å². The van der Waals surface area contributed by atoms with Gasteiger partial charge < -0.3 is 15.3 Å². The first-order chi connectivity index (χ1) is 9.87. The van der Waals surface area contributed by atoms with E-state index in [0.717, 1.165) is 19.3 Å². The van der Waals surface area contributed by atoms with Gasteiger partial charge in [0, 0.05) is 12.1 Å². The van der Waals surface area contributed by atoms with Crippen molar-refractivity contribution in [1.82, 2.24) is 4.90 Å². The molecule has 7 nitrogen and oxygen atoms in total. The van der Waals surface area contributed by atoms with Crippen LogP contribution in [0.1, 0.15) is 29.6 Å². The van der Waals surface area contributed by atoms with Crippen LogP contribution < -0.4 is 5.32 Å². The maximum absolute atomic E-state index is 11.2. The molecule has 0 unspecified atom stereocenters. The van der Waals surface area contributed by atoms with Gasteiger partial charge in [0.2, 0.25) is 0 Å². The van der Waals surface area contributed by atoms with Crippen LogP contribution in [-0.4, -0.2) is 47.1 Å². The number of carbonyl (C=O) groups is 1. The summed E-state index contributed by atoms with van der Waals surface area (Å²) in [5.41, 5.74) is -0.420. The van der Waals surface area contributed by atoms with Crippen molar-refractivity contribution in [2.45, 2.75) is 24.8 Å². The number of nitrogens with zero attached hydrogens (tertiary/aromatic N) is 2. The fourth-order valence-electron chi connectivity index (χ4n) is 2.68. The van der Waals surface area contributed by atoms with Crippen molar-refractivity contribution >= 4 is 17.3 Å². The first-order valence-corrected chi connectivity index (χ1v) is 6.79. The number of carboxylic acids is 1. The Morgan fingerprint density at radius 2 is 2.14 bits per heavy atom. The topological polar surface area (TPSA) is 95.7 Å². The molecule has 1 fully saturated rings. The first-order valence-electron chi connectivity index (χ1n) is 6.79. The van der Waals surface area contributed by atoms with E-state index in [-0.39, 0.29) is 22.5 Å². The van der Waals surface area contributed by atoms with Crippen LogP contribution >= 0.6 is 0 Å². The molecule has 0 radical (unpaired) electrons. The Bertz CT molecular complexity index is 567. The molecule has 2 rings (SSSR count). The molecule has 0 atom stereocenters. The largest absolute Gasteiger partial charge is 0.477 e. The maximum Gasteiger partial charge on any atom is 0.342 e. The lowest BCUT2D eigenvalue weighted by atomic mass is 9.75. The van der Waals surface area contributed by atoms with Crippen LogP contribution in [-0.2, 0) is 0 Å². The molecule has 1 aliphatic rings. The Labute approximate surface area is 122 Å². The lowest BCUT2D eigenvalue weighted by Crippen LogP contribution is -2.54. The smallest absolute Gasteiger partial charge is 0.342 e. The number of para-hydroxylation sites is 1. The summed E-state index contributed by atoms with van der Waals surface area (Å²) in [4.78, 5) is 23.8. The van der Waals surface area contributed by atoms with Crippen LogP contribution in [0.4, 0.5) is 11.4 Å². The molecule has 114 valence electrons. The second-order valence-electron chi connectivity index (χ2n) is 5.59. The van der Waals surface area contributed by atoms with Crippen LogP contribution in [0.3, 0.4) is 0 Å². The molecular weight excluding hydrogens is 274 g/mol. The molecule has 1 aromatic rings. The molecule has 1 aliphatic carbocycles. The molecular formula is C14H19N3O4. The normalized spacial score (nSPS) is 16.3. The molecule has 1 aromatic carbocycles. The highest BCUT2D eigenvalue weighted by Gasteiger charge is 2.39. The highest BCUT2D eigenvalue weighted by atomic mass is 16.6. The minimum absolute atomic E-state index is 0.00685. The van der Waals surface area contributed by atoms with E-state index in [2.05, 4.69) is 10.2 Å². The maximum atomic E-state index is 11.2. The fraction of sp³-hybridized carbons (Fsp3) is 0.500. The predicted octanol–water partition coefficient (Wildman–Crippen LogP) is 2.19. The third-order valence-corrected chi connectivity index (χ3v) is 4.29. The van der Waals surface area contributed by atoms with Crippen LogP contribution in [0.2, 0.25) is 0 Å². The highest BCUT2D eigenvalue weighted by Crippen LogP contribution is 2.37. The molecule has 0 saturated heterocycles. The Kier molecular flexibility index (Phi) is 4.13. The number of aromatic carboxylic acids is 1. The number of anilines is 1. The van der Waals surface area contributed by atoms with Gasteiger partial charge in [-0.15, -0.1) is 0 Å². The summed E-state index contributed by atoms with van der Waals surface area (Å²) in [5.74, 6) is -1.30. The summed E-state index contributed by atoms with van der Waals surface area (Å²) in [5, 5.41) is 23.3. The second kappa shape index (κ2) is 5.69. The highest BCUT2D eigenvalue weighted by molar-refractivity contribution is 5.95. The molecule has 0 amide bonds.